The van der Waals surface area contributed by atoms with Gasteiger partial charge in [0.1, 0.15) is 17.1 Å². The number of rotatable bonds is 9. The van der Waals surface area contributed by atoms with Gasteiger partial charge in [-0.1, -0.05) is 6.42 Å². The van der Waals surface area contributed by atoms with E-state index in [1.807, 2.05) is 25.1 Å². The van der Waals surface area contributed by atoms with Gasteiger partial charge in [0.15, 0.2) is 6.79 Å². The van der Waals surface area contributed by atoms with E-state index in [2.05, 4.69) is 25.8 Å². The lowest BCUT2D eigenvalue weighted by Crippen LogP contribution is -2.41. The van der Waals surface area contributed by atoms with Gasteiger partial charge in [-0.25, -0.2) is 0 Å². The fourth-order valence-electron chi connectivity index (χ4n) is 2.76. The quantitative estimate of drug-likeness (QED) is 0.643. The number of nitrogens with zero attached hydrogens (tertiary/aromatic N) is 1. The van der Waals surface area contributed by atoms with Gasteiger partial charge in [-0.3, -0.25) is 0 Å². The van der Waals surface area contributed by atoms with Crippen molar-refractivity contribution in [3.8, 4) is 11.5 Å². The summed E-state index contributed by atoms with van der Waals surface area (Å²) >= 11 is 0. The molecule has 0 aliphatic heterocycles. The van der Waals surface area contributed by atoms with Crippen molar-refractivity contribution < 1.29 is 14.2 Å². The van der Waals surface area contributed by atoms with Crippen LogP contribution in [0.3, 0.4) is 0 Å². The van der Waals surface area contributed by atoms with Crippen molar-refractivity contribution in [2.45, 2.75) is 58.1 Å². The van der Waals surface area contributed by atoms with Crippen LogP contribution in [0, 0.1) is 6.92 Å². The minimum atomic E-state index is -0.183. The molecule has 0 heterocycles. The van der Waals surface area contributed by atoms with Crippen molar-refractivity contribution in [1.82, 2.24) is 4.90 Å². The summed E-state index contributed by atoms with van der Waals surface area (Å²) in [5, 5.41) is 0. The largest absolute Gasteiger partial charge is 0.488 e. The van der Waals surface area contributed by atoms with Crippen LogP contribution in [0.25, 0.3) is 0 Å². The number of hydrogen-bond acceptors (Lipinski definition) is 4. The molecule has 4 heteroatoms. The van der Waals surface area contributed by atoms with Crippen LogP contribution in [-0.2, 0) is 4.74 Å². The highest BCUT2D eigenvalue weighted by Gasteiger charge is 2.26. The first-order valence-corrected chi connectivity index (χ1v) is 8.53. The molecule has 0 N–H and O–H groups in total. The third-order valence-electron chi connectivity index (χ3n) is 4.64. The van der Waals surface area contributed by atoms with E-state index in [0.29, 0.717) is 0 Å². The van der Waals surface area contributed by atoms with E-state index in [-0.39, 0.29) is 12.4 Å². The average molecular weight is 321 g/mol. The Morgan fingerprint density at radius 3 is 2.57 bits per heavy atom. The Bertz CT molecular complexity index is 497. The second kappa shape index (κ2) is 8.02. The fraction of sp³-hybridized carbons (Fsp3) is 0.684. The molecular weight excluding hydrogens is 290 g/mol. The Morgan fingerprint density at radius 2 is 2.00 bits per heavy atom. The van der Waals surface area contributed by atoms with Gasteiger partial charge in [0.05, 0.1) is 0 Å². The number of methoxy groups -OCH3 is 1. The Balaban J connectivity index is 1.88. The molecule has 23 heavy (non-hydrogen) atoms. The number of benzene rings is 1. The van der Waals surface area contributed by atoms with Crippen LogP contribution in [-0.4, -0.2) is 44.0 Å². The predicted molar refractivity (Wildman–Crippen MR) is 93.3 cm³/mol. The van der Waals surface area contributed by atoms with Crippen LogP contribution in [0.5, 0.6) is 11.5 Å². The van der Waals surface area contributed by atoms with E-state index in [4.69, 9.17) is 14.2 Å². The summed E-state index contributed by atoms with van der Waals surface area (Å²) in [5.41, 5.74) is 0.900. The summed E-state index contributed by atoms with van der Waals surface area (Å²) in [6.07, 6.45) is 5.09. The maximum atomic E-state index is 6.26. The zero-order valence-corrected chi connectivity index (χ0v) is 15.2. The zero-order chi connectivity index (χ0) is 16.9. The van der Waals surface area contributed by atoms with Crippen molar-refractivity contribution in [2.24, 2.45) is 0 Å². The van der Waals surface area contributed by atoms with E-state index in [1.165, 1.54) is 19.3 Å². The van der Waals surface area contributed by atoms with E-state index < -0.39 is 0 Å². The topological polar surface area (TPSA) is 30.9 Å². The van der Waals surface area contributed by atoms with Crippen LogP contribution >= 0.6 is 0 Å². The van der Waals surface area contributed by atoms with Gasteiger partial charge in [0.2, 0.25) is 0 Å². The van der Waals surface area contributed by atoms with Gasteiger partial charge in [-0.05, 0) is 70.8 Å². The van der Waals surface area contributed by atoms with Crippen LogP contribution < -0.4 is 9.47 Å². The highest BCUT2D eigenvalue weighted by molar-refractivity contribution is 5.39. The molecule has 4 nitrogen and oxygen atoms in total. The molecule has 0 atom stereocenters. The molecule has 1 aliphatic carbocycles. The molecule has 0 radical (unpaired) electrons. The molecule has 2 rings (SSSR count). The molecule has 0 bridgehead atoms. The van der Waals surface area contributed by atoms with Crippen molar-refractivity contribution in [2.75, 3.05) is 27.5 Å². The Labute approximate surface area is 140 Å². The number of aryl methyl sites for hydroxylation is 1. The Morgan fingerprint density at radius 1 is 1.26 bits per heavy atom. The summed E-state index contributed by atoms with van der Waals surface area (Å²) in [4.78, 5) is 2.48. The maximum Gasteiger partial charge on any atom is 0.188 e. The van der Waals surface area contributed by atoms with Crippen LogP contribution in [0.15, 0.2) is 18.2 Å². The molecule has 1 saturated carbocycles. The van der Waals surface area contributed by atoms with Crippen molar-refractivity contribution >= 4 is 0 Å². The lowest BCUT2D eigenvalue weighted by molar-refractivity contribution is 0.0505. The normalized spacial score (nSPS) is 15.6. The third kappa shape index (κ3) is 5.40. The van der Waals surface area contributed by atoms with E-state index in [9.17, 15) is 0 Å². The van der Waals surface area contributed by atoms with Crippen LogP contribution in [0.2, 0.25) is 0 Å². The first-order chi connectivity index (χ1) is 10.9. The highest BCUT2D eigenvalue weighted by atomic mass is 16.7. The number of ether oxygens (including phenoxy) is 3. The Kier molecular flexibility index (Phi) is 6.31. The van der Waals surface area contributed by atoms with Crippen LogP contribution in [0.1, 0.15) is 45.1 Å². The smallest absolute Gasteiger partial charge is 0.188 e. The molecule has 0 saturated heterocycles. The van der Waals surface area contributed by atoms with Gasteiger partial charge in [0.25, 0.3) is 0 Å². The molecule has 0 spiro atoms. The average Bonchev–Trinajstić information content (AvgIpc) is 2.44. The van der Waals surface area contributed by atoms with Gasteiger partial charge in [-0.2, -0.15) is 0 Å². The third-order valence-corrected chi connectivity index (χ3v) is 4.64. The van der Waals surface area contributed by atoms with Crippen molar-refractivity contribution in [3.05, 3.63) is 23.8 Å². The van der Waals surface area contributed by atoms with E-state index >= 15 is 0 Å². The second-order valence-electron chi connectivity index (χ2n) is 7.16. The van der Waals surface area contributed by atoms with Gasteiger partial charge in [0, 0.05) is 19.7 Å². The maximum absolute atomic E-state index is 6.26. The lowest BCUT2D eigenvalue weighted by Gasteiger charge is -2.37. The Hall–Kier alpha value is -1.26. The zero-order valence-electron chi connectivity index (χ0n) is 15.2. The first-order valence-electron chi connectivity index (χ1n) is 8.53. The standard InChI is InChI=1S/C19H31NO3/c1-15-13-17(22-14-21-5)9-10-18(15)23-19(2,3)11-12-20(4)16-7-6-8-16/h9-10,13,16H,6-8,11-12,14H2,1-5H3. The summed E-state index contributed by atoms with van der Waals surface area (Å²) < 4.78 is 16.6. The highest BCUT2D eigenvalue weighted by Crippen LogP contribution is 2.29. The van der Waals surface area contributed by atoms with E-state index in [0.717, 1.165) is 36.1 Å². The second-order valence-corrected chi connectivity index (χ2v) is 7.16. The van der Waals surface area contributed by atoms with Gasteiger partial charge in [-0.15, -0.1) is 0 Å². The molecule has 0 aromatic heterocycles. The molecule has 130 valence electrons. The van der Waals surface area contributed by atoms with Gasteiger partial charge >= 0.3 is 0 Å². The van der Waals surface area contributed by atoms with Crippen molar-refractivity contribution in [1.29, 1.82) is 0 Å². The molecule has 1 fully saturated rings. The summed E-state index contributed by atoms with van der Waals surface area (Å²) in [6.45, 7) is 7.71. The molecule has 1 aromatic carbocycles. The minimum Gasteiger partial charge on any atom is -0.488 e. The summed E-state index contributed by atoms with van der Waals surface area (Å²) in [7, 11) is 3.85. The fourth-order valence-corrected chi connectivity index (χ4v) is 2.76. The lowest BCUT2D eigenvalue weighted by atomic mass is 9.91. The molecule has 1 aromatic rings. The van der Waals surface area contributed by atoms with Gasteiger partial charge < -0.3 is 19.1 Å². The molecule has 0 amide bonds. The minimum absolute atomic E-state index is 0.183. The summed E-state index contributed by atoms with van der Waals surface area (Å²) in [6, 6.07) is 6.69. The molecular formula is C19H31NO3. The van der Waals surface area contributed by atoms with Crippen LogP contribution in [0.4, 0.5) is 0 Å². The SMILES string of the molecule is COCOc1ccc(OC(C)(C)CCN(C)C2CCC2)c(C)c1. The predicted octanol–water partition coefficient (Wildman–Crippen LogP) is 4.01. The summed E-state index contributed by atoms with van der Waals surface area (Å²) in [5.74, 6) is 1.73. The molecule has 1 aliphatic rings. The number of hydrogen-bond donors (Lipinski definition) is 0. The monoisotopic (exact) mass is 321 g/mol. The molecule has 0 unspecified atom stereocenters. The van der Waals surface area contributed by atoms with Crippen molar-refractivity contribution in [3.63, 3.8) is 0 Å². The van der Waals surface area contributed by atoms with E-state index in [1.54, 1.807) is 7.11 Å². The first kappa shape index (κ1) is 18.1.